The van der Waals surface area contributed by atoms with Crippen LogP contribution in [0, 0.1) is 11.8 Å². The molecule has 0 bridgehead atoms. The molecule has 2 aliphatic heterocycles. The van der Waals surface area contributed by atoms with Crippen molar-refractivity contribution in [3.8, 4) is 0 Å². The number of hydrogen-bond donors (Lipinski definition) is 0. The summed E-state index contributed by atoms with van der Waals surface area (Å²) in [5.41, 5.74) is 0. The van der Waals surface area contributed by atoms with E-state index >= 15 is 0 Å². The average molecular weight is 362 g/mol. The Labute approximate surface area is 158 Å². The van der Waals surface area contributed by atoms with Gasteiger partial charge in [0.15, 0.2) is 0 Å². The lowest BCUT2D eigenvalue weighted by molar-refractivity contribution is -0.144. The highest BCUT2D eigenvalue weighted by Gasteiger charge is 2.40. The second kappa shape index (κ2) is 8.28. The summed E-state index contributed by atoms with van der Waals surface area (Å²) < 4.78 is 0. The van der Waals surface area contributed by atoms with Gasteiger partial charge in [-0.1, -0.05) is 19.3 Å². The van der Waals surface area contributed by atoms with Gasteiger partial charge in [-0.2, -0.15) is 0 Å². The third-order valence-corrected chi connectivity index (χ3v) is 7.24. The van der Waals surface area contributed by atoms with Gasteiger partial charge in [0.2, 0.25) is 11.8 Å². The second-order valence-electron chi connectivity index (χ2n) is 8.86. The highest BCUT2D eigenvalue weighted by Crippen LogP contribution is 2.33. The molecule has 0 spiro atoms. The molecule has 4 aliphatic rings. The largest absolute Gasteiger partial charge is 0.341 e. The quantitative estimate of drug-likeness (QED) is 0.773. The third-order valence-electron chi connectivity index (χ3n) is 7.24. The van der Waals surface area contributed by atoms with E-state index in [9.17, 15) is 9.59 Å². The van der Waals surface area contributed by atoms with E-state index in [0.29, 0.717) is 23.7 Å². The summed E-state index contributed by atoms with van der Waals surface area (Å²) in [5.74, 6) is 1.58. The summed E-state index contributed by atoms with van der Waals surface area (Å²) in [4.78, 5) is 32.5. The number of piperidine rings is 1. The van der Waals surface area contributed by atoms with E-state index in [1.165, 1.54) is 38.5 Å². The number of carbonyl (C=O) groups is 2. The molecule has 0 aromatic carbocycles. The number of likely N-dealkylation sites (tertiary alicyclic amines) is 1. The number of piperazine rings is 1. The van der Waals surface area contributed by atoms with Gasteiger partial charge in [-0.3, -0.25) is 14.5 Å². The molecule has 2 amide bonds. The molecule has 0 aromatic rings. The fourth-order valence-electron chi connectivity index (χ4n) is 5.36. The molecule has 4 fully saturated rings. The van der Waals surface area contributed by atoms with E-state index in [1.54, 1.807) is 0 Å². The molecule has 26 heavy (non-hydrogen) atoms. The summed E-state index contributed by atoms with van der Waals surface area (Å²) in [5, 5.41) is 0. The number of amides is 2. The molecule has 0 radical (unpaired) electrons. The highest BCUT2D eigenvalue weighted by atomic mass is 16.2. The molecular weight excluding hydrogens is 326 g/mol. The fourth-order valence-corrected chi connectivity index (χ4v) is 5.36. The van der Waals surface area contributed by atoms with Crippen LogP contribution < -0.4 is 0 Å². The van der Waals surface area contributed by atoms with Crippen LogP contribution in [0.25, 0.3) is 0 Å². The Morgan fingerprint density at radius 1 is 0.654 bits per heavy atom. The molecule has 2 saturated carbocycles. The standard InChI is InChI=1S/C21H35N3O2/c25-20(18-9-6-10-18)24-15-13-22(14-16-24)19(17-7-2-3-8-17)21(26)23-11-4-1-5-12-23/h17-19H,1-16H2/t19-/m1/s1. The Morgan fingerprint density at radius 2 is 1.31 bits per heavy atom. The summed E-state index contributed by atoms with van der Waals surface area (Å²) in [6.07, 6.45) is 11.9. The molecule has 5 heteroatoms. The van der Waals surface area contributed by atoms with E-state index in [1.807, 2.05) is 0 Å². The molecule has 0 aromatic heterocycles. The van der Waals surface area contributed by atoms with Gasteiger partial charge in [0.1, 0.15) is 0 Å². The maximum Gasteiger partial charge on any atom is 0.240 e. The lowest BCUT2D eigenvalue weighted by Gasteiger charge is -2.44. The van der Waals surface area contributed by atoms with Crippen molar-refractivity contribution in [1.82, 2.24) is 14.7 Å². The van der Waals surface area contributed by atoms with Crippen LogP contribution in [-0.4, -0.2) is 71.8 Å². The Morgan fingerprint density at radius 3 is 1.88 bits per heavy atom. The van der Waals surface area contributed by atoms with Gasteiger partial charge in [-0.25, -0.2) is 0 Å². The zero-order valence-electron chi connectivity index (χ0n) is 16.2. The van der Waals surface area contributed by atoms with Crippen LogP contribution in [0.5, 0.6) is 0 Å². The predicted molar refractivity (Wildman–Crippen MR) is 102 cm³/mol. The molecule has 1 atom stereocenters. The Balaban J connectivity index is 1.39. The number of rotatable bonds is 4. The zero-order valence-corrected chi connectivity index (χ0v) is 16.2. The number of hydrogen-bond acceptors (Lipinski definition) is 3. The van der Waals surface area contributed by atoms with Crippen LogP contribution in [0.3, 0.4) is 0 Å². The molecule has 0 unspecified atom stereocenters. The van der Waals surface area contributed by atoms with Crippen LogP contribution in [0.2, 0.25) is 0 Å². The van der Waals surface area contributed by atoms with Crippen LogP contribution in [0.1, 0.15) is 64.2 Å². The van der Waals surface area contributed by atoms with Crippen LogP contribution in [-0.2, 0) is 9.59 Å². The highest BCUT2D eigenvalue weighted by molar-refractivity contribution is 5.83. The molecular formula is C21H35N3O2. The van der Waals surface area contributed by atoms with Gasteiger partial charge in [-0.05, 0) is 50.9 Å². The Bertz CT molecular complexity index is 499. The third kappa shape index (κ3) is 3.78. The minimum atomic E-state index is 0.0663. The molecule has 4 rings (SSSR count). The van der Waals surface area contributed by atoms with Gasteiger partial charge >= 0.3 is 0 Å². The first-order valence-corrected chi connectivity index (χ1v) is 11.1. The van der Waals surface area contributed by atoms with E-state index < -0.39 is 0 Å². The smallest absolute Gasteiger partial charge is 0.240 e. The normalized spacial score (nSPS) is 27.4. The second-order valence-corrected chi connectivity index (χ2v) is 8.86. The Hall–Kier alpha value is -1.10. The number of nitrogens with zero attached hydrogens (tertiary/aromatic N) is 3. The fraction of sp³-hybridized carbons (Fsp3) is 0.905. The van der Waals surface area contributed by atoms with Gasteiger partial charge < -0.3 is 9.80 Å². The van der Waals surface area contributed by atoms with Crippen molar-refractivity contribution in [3.05, 3.63) is 0 Å². The first kappa shape index (κ1) is 18.3. The molecule has 2 saturated heterocycles. The number of carbonyl (C=O) groups excluding carboxylic acids is 2. The molecule has 0 N–H and O–H groups in total. The predicted octanol–water partition coefficient (Wildman–Crippen LogP) is 2.50. The monoisotopic (exact) mass is 361 g/mol. The first-order valence-electron chi connectivity index (χ1n) is 11.1. The van der Waals surface area contributed by atoms with E-state index in [2.05, 4.69) is 14.7 Å². The summed E-state index contributed by atoms with van der Waals surface area (Å²) in [6.45, 7) is 5.26. The summed E-state index contributed by atoms with van der Waals surface area (Å²) >= 11 is 0. The average Bonchev–Trinajstić information content (AvgIpc) is 3.16. The minimum Gasteiger partial charge on any atom is -0.341 e. The van der Waals surface area contributed by atoms with Crippen molar-refractivity contribution < 1.29 is 9.59 Å². The first-order chi connectivity index (χ1) is 12.7. The van der Waals surface area contributed by atoms with Crippen LogP contribution in [0.4, 0.5) is 0 Å². The minimum absolute atomic E-state index is 0.0663. The van der Waals surface area contributed by atoms with Crippen molar-refractivity contribution in [2.75, 3.05) is 39.3 Å². The van der Waals surface area contributed by atoms with Gasteiger partial charge in [-0.15, -0.1) is 0 Å². The van der Waals surface area contributed by atoms with Gasteiger partial charge in [0.25, 0.3) is 0 Å². The van der Waals surface area contributed by atoms with Crippen LogP contribution >= 0.6 is 0 Å². The van der Waals surface area contributed by atoms with Crippen molar-refractivity contribution in [2.24, 2.45) is 11.8 Å². The maximum atomic E-state index is 13.4. The van der Waals surface area contributed by atoms with E-state index in [0.717, 1.165) is 65.0 Å². The van der Waals surface area contributed by atoms with E-state index in [-0.39, 0.29) is 6.04 Å². The maximum absolute atomic E-state index is 13.4. The SMILES string of the molecule is O=C(C1CCC1)N1CCN([C@@H](C(=O)N2CCCCC2)C2CCCC2)CC1. The zero-order chi connectivity index (χ0) is 17.9. The summed E-state index contributed by atoms with van der Waals surface area (Å²) in [6, 6.07) is 0.0663. The van der Waals surface area contributed by atoms with Gasteiger partial charge in [0.05, 0.1) is 6.04 Å². The molecule has 2 aliphatic carbocycles. The molecule has 146 valence electrons. The van der Waals surface area contributed by atoms with Crippen molar-refractivity contribution in [1.29, 1.82) is 0 Å². The topological polar surface area (TPSA) is 43.9 Å². The lowest BCUT2D eigenvalue weighted by Crippen LogP contribution is -2.59. The summed E-state index contributed by atoms with van der Waals surface area (Å²) in [7, 11) is 0. The lowest BCUT2D eigenvalue weighted by atomic mass is 9.84. The van der Waals surface area contributed by atoms with E-state index in [4.69, 9.17) is 0 Å². The van der Waals surface area contributed by atoms with Crippen LogP contribution in [0.15, 0.2) is 0 Å². The van der Waals surface area contributed by atoms with Gasteiger partial charge in [0, 0.05) is 45.2 Å². The van der Waals surface area contributed by atoms with Crippen molar-refractivity contribution >= 4 is 11.8 Å². The molecule has 2 heterocycles. The van der Waals surface area contributed by atoms with Crippen molar-refractivity contribution in [3.63, 3.8) is 0 Å². The Kier molecular flexibility index (Phi) is 5.82. The van der Waals surface area contributed by atoms with Crippen molar-refractivity contribution in [2.45, 2.75) is 70.3 Å². The molecule has 5 nitrogen and oxygen atoms in total.